The van der Waals surface area contributed by atoms with Crippen molar-refractivity contribution in [3.63, 3.8) is 0 Å². The molecule has 0 aliphatic carbocycles. The van der Waals surface area contributed by atoms with Crippen molar-refractivity contribution in [3.8, 4) is 0 Å². The Hall–Kier alpha value is -2.37. The summed E-state index contributed by atoms with van der Waals surface area (Å²) in [6.07, 6.45) is 0.694. The van der Waals surface area contributed by atoms with Crippen molar-refractivity contribution in [2.45, 2.75) is 39.7 Å². The van der Waals surface area contributed by atoms with Crippen LogP contribution in [0.25, 0.3) is 0 Å². The number of carboxylic acid groups (broad SMARTS) is 1. The zero-order valence-electron chi connectivity index (χ0n) is 13.1. The highest BCUT2D eigenvalue weighted by Gasteiger charge is 2.21. The number of hydrogen-bond acceptors (Lipinski definition) is 3. The molecule has 1 rings (SSSR count). The van der Waals surface area contributed by atoms with E-state index in [1.54, 1.807) is 25.1 Å². The Bertz CT molecular complexity index is 555. The van der Waals surface area contributed by atoms with Crippen LogP contribution in [0, 0.1) is 5.92 Å². The molecule has 0 radical (unpaired) electrons. The average Bonchev–Trinajstić information content (AvgIpc) is 2.46. The normalized spacial score (nSPS) is 11.8. The first kappa shape index (κ1) is 17.7. The van der Waals surface area contributed by atoms with Gasteiger partial charge in [-0.2, -0.15) is 0 Å². The number of nitrogens with one attached hydrogen (secondary N) is 2. The first-order chi connectivity index (χ1) is 10.3. The number of carbonyl (C=O) groups is 3. The Balaban J connectivity index is 2.81. The summed E-state index contributed by atoms with van der Waals surface area (Å²) in [6, 6.07) is 5.48. The summed E-state index contributed by atoms with van der Waals surface area (Å²) >= 11 is 0. The van der Waals surface area contributed by atoms with E-state index >= 15 is 0 Å². The Morgan fingerprint density at radius 1 is 1.23 bits per heavy atom. The highest BCUT2D eigenvalue weighted by molar-refractivity contribution is 5.98. The van der Waals surface area contributed by atoms with Crippen LogP contribution in [0.15, 0.2) is 24.3 Å². The van der Waals surface area contributed by atoms with Crippen LogP contribution in [-0.4, -0.2) is 28.9 Å². The Labute approximate surface area is 129 Å². The predicted octanol–water partition coefficient (Wildman–Crippen LogP) is 2.26. The number of carboxylic acids is 1. The second-order valence-corrected chi connectivity index (χ2v) is 5.48. The van der Waals surface area contributed by atoms with Gasteiger partial charge in [-0.15, -0.1) is 0 Å². The number of rotatable bonds is 7. The van der Waals surface area contributed by atoms with Gasteiger partial charge in [-0.05, 0) is 30.5 Å². The highest BCUT2D eigenvalue weighted by Crippen LogP contribution is 2.12. The van der Waals surface area contributed by atoms with Crippen molar-refractivity contribution in [1.29, 1.82) is 0 Å². The average molecular weight is 306 g/mol. The summed E-state index contributed by atoms with van der Waals surface area (Å²) < 4.78 is 0. The first-order valence-corrected chi connectivity index (χ1v) is 7.27. The van der Waals surface area contributed by atoms with E-state index in [2.05, 4.69) is 10.6 Å². The van der Waals surface area contributed by atoms with E-state index in [-0.39, 0.29) is 11.8 Å². The third-order valence-corrected chi connectivity index (χ3v) is 3.04. The second-order valence-electron chi connectivity index (χ2n) is 5.48. The Morgan fingerprint density at radius 2 is 1.91 bits per heavy atom. The largest absolute Gasteiger partial charge is 0.480 e. The molecule has 22 heavy (non-hydrogen) atoms. The Kier molecular flexibility index (Phi) is 6.56. The van der Waals surface area contributed by atoms with Gasteiger partial charge in [-0.3, -0.25) is 9.59 Å². The molecule has 0 spiro atoms. The molecule has 1 atom stereocenters. The van der Waals surface area contributed by atoms with Crippen molar-refractivity contribution in [2.75, 3.05) is 5.32 Å². The second kappa shape index (κ2) is 8.17. The number of carbonyl (C=O) groups excluding carboxylic acids is 2. The third-order valence-electron chi connectivity index (χ3n) is 3.04. The molecular weight excluding hydrogens is 284 g/mol. The fraction of sp³-hybridized carbons (Fsp3) is 0.438. The summed E-state index contributed by atoms with van der Waals surface area (Å²) in [4.78, 5) is 34.7. The minimum absolute atomic E-state index is 0.150. The Morgan fingerprint density at radius 3 is 2.45 bits per heavy atom. The standard InChI is InChI=1S/C16H22N2O4/c1-4-14(19)17-12-7-5-6-11(9-12)15(20)18-13(16(21)22)8-10(2)3/h5-7,9-10,13H,4,8H2,1-3H3,(H,17,19)(H,18,20)(H,21,22)/t13-/m0/s1. The van der Waals surface area contributed by atoms with Gasteiger partial charge >= 0.3 is 5.97 Å². The van der Waals surface area contributed by atoms with Gasteiger partial charge in [0.05, 0.1) is 0 Å². The van der Waals surface area contributed by atoms with Gasteiger partial charge in [-0.25, -0.2) is 4.79 Å². The molecule has 0 bridgehead atoms. The number of amides is 2. The molecule has 6 nitrogen and oxygen atoms in total. The minimum Gasteiger partial charge on any atom is -0.480 e. The molecule has 3 N–H and O–H groups in total. The van der Waals surface area contributed by atoms with Crippen molar-refractivity contribution in [3.05, 3.63) is 29.8 Å². The number of benzene rings is 1. The van der Waals surface area contributed by atoms with Crippen LogP contribution >= 0.6 is 0 Å². The molecule has 0 aliphatic rings. The van der Waals surface area contributed by atoms with E-state index in [1.807, 2.05) is 13.8 Å². The lowest BCUT2D eigenvalue weighted by molar-refractivity contribution is -0.139. The van der Waals surface area contributed by atoms with Gasteiger partial charge in [0, 0.05) is 17.7 Å². The van der Waals surface area contributed by atoms with E-state index in [0.29, 0.717) is 24.1 Å². The molecule has 0 unspecified atom stereocenters. The van der Waals surface area contributed by atoms with Gasteiger partial charge in [-0.1, -0.05) is 26.8 Å². The van der Waals surface area contributed by atoms with Crippen molar-refractivity contribution in [1.82, 2.24) is 5.32 Å². The van der Waals surface area contributed by atoms with Gasteiger partial charge in [0.15, 0.2) is 0 Å². The third kappa shape index (κ3) is 5.55. The maximum absolute atomic E-state index is 12.2. The van der Waals surface area contributed by atoms with Crippen molar-refractivity contribution < 1.29 is 19.5 Å². The molecule has 0 aliphatic heterocycles. The van der Waals surface area contributed by atoms with Gasteiger partial charge in [0.2, 0.25) is 5.91 Å². The molecule has 0 saturated heterocycles. The van der Waals surface area contributed by atoms with Crippen molar-refractivity contribution >= 4 is 23.5 Å². The predicted molar refractivity (Wildman–Crippen MR) is 83.7 cm³/mol. The van der Waals surface area contributed by atoms with Crippen LogP contribution in [0.2, 0.25) is 0 Å². The summed E-state index contributed by atoms with van der Waals surface area (Å²) in [5.74, 6) is -1.53. The molecular formula is C16H22N2O4. The number of anilines is 1. The maximum Gasteiger partial charge on any atom is 0.326 e. The summed E-state index contributed by atoms with van der Waals surface area (Å²) in [5, 5.41) is 14.3. The van der Waals surface area contributed by atoms with Crippen LogP contribution in [0.3, 0.4) is 0 Å². The smallest absolute Gasteiger partial charge is 0.326 e. The van der Waals surface area contributed by atoms with Crippen LogP contribution in [0.5, 0.6) is 0 Å². The van der Waals surface area contributed by atoms with Gasteiger partial charge < -0.3 is 15.7 Å². The van der Waals surface area contributed by atoms with Crippen LogP contribution < -0.4 is 10.6 Å². The molecule has 0 heterocycles. The molecule has 120 valence electrons. The number of hydrogen-bond donors (Lipinski definition) is 3. The summed E-state index contributed by atoms with van der Waals surface area (Å²) in [7, 11) is 0. The van der Waals surface area contributed by atoms with E-state index in [9.17, 15) is 14.4 Å². The lowest BCUT2D eigenvalue weighted by Crippen LogP contribution is -2.41. The molecule has 1 aromatic rings. The first-order valence-electron chi connectivity index (χ1n) is 7.27. The van der Waals surface area contributed by atoms with E-state index < -0.39 is 17.9 Å². The van der Waals surface area contributed by atoms with Crippen molar-refractivity contribution in [2.24, 2.45) is 5.92 Å². The summed E-state index contributed by atoms with van der Waals surface area (Å²) in [6.45, 7) is 5.52. The lowest BCUT2D eigenvalue weighted by atomic mass is 10.0. The SMILES string of the molecule is CCC(=O)Nc1cccc(C(=O)N[C@@H](CC(C)C)C(=O)O)c1. The van der Waals surface area contributed by atoms with Crippen LogP contribution in [0.4, 0.5) is 5.69 Å². The molecule has 2 amide bonds. The monoisotopic (exact) mass is 306 g/mol. The quantitative estimate of drug-likeness (QED) is 0.720. The lowest BCUT2D eigenvalue weighted by Gasteiger charge is -2.16. The molecule has 0 saturated carbocycles. The van der Waals surface area contributed by atoms with Gasteiger partial charge in [0.1, 0.15) is 6.04 Å². The van der Waals surface area contributed by atoms with Crippen LogP contribution in [-0.2, 0) is 9.59 Å². The highest BCUT2D eigenvalue weighted by atomic mass is 16.4. The molecule has 1 aromatic carbocycles. The van der Waals surface area contributed by atoms with E-state index in [0.717, 1.165) is 0 Å². The summed E-state index contributed by atoms with van der Waals surface area (Å²) in [5.41, 5.74) is 0.819. The molecule has 0 fully saturated rings. The fourth-order valence-electron chi connectivity index (χ4n) is 1.92. The molecule has 6 heteroatoms. The topological polar surface area (TPSA) is 95.5 Å². The number of aliphatic carboxylic acids is 1. The minimum atomic E-state index is -1.06. The van der Waals surface area contributed by atoms with E-state index in [1.165, 1.54) is 6.07 Å². The van der Waals surface area contributed by atoms with Crippen LogP contribution in [0.1, 0.15) is 44.0 Å². The zero-order chi connectivity index (χ0) is 16.7. The zero-order valence-corrected chi connectivity index (χ0v) is 13.1. The molecule has 0 aromatic heterocycles. The van der Waals surface area contributed by atoms with Gasteiger partial charge in [0.25, 0.3) is 5.91 Å². The fourth-order valence-corrected chi connectivity index (χ4v) is 1.92. The maximum atomic E-state index is 12.2. The van der Waals surface area contributed by atoms with E-state index in [4.69, 9.17) is 5.11 Å².